The van der Waals surface area contributed by atoms with Crippen LogP contribution in [0.5, 0.6) is 0 Å². The molecule has 1 aromatic rings. The fraction of sp³-hybridized carbons (Fsp3) is 0.167. The molecule has 0 bridgehead atoms. The summed E-state index contributed by atoms with van der Waals surface area (Å²) in [6.45, 7) is 3.37. The topological polar surface area (TPSA) is 66.4 Å². The van der Waals surface area contributed by atoms with Gasteiger partial charge in [0.2, 0.25) is 0 Å². The predicted molar refractivity (Wildman–Crippen MR) is 60.2 cm³/mol. The number of benzene rings is 1. The third-order valence-corrected chi connectivity index (χ3v) is 2.19. The van der Waals surface area contributed by atoms with Crippen LogP contribution in [0.1, 0.15) is 11.1 Å². The van der Waals surface area contributed by atoms with E-state index in [-0.39, 0.29) is 18.7 Å². The van der Waals surface area contributed by atoms with Gasteiger partial charge < -0.3 is 10.4 Å². The van der Waals surface area contributed by atoms with Crippen molar-refractivity contribution in [3.05, 3.63) is 47.8 Å². The molecule has 0 unspecified atom stereocenters. The number of carbonyl (C=O) groups is 2. The summed E-state index contributed by atoms with van der Waals surface area (Å²) in [4.78, 5) is 21.6. The van der Waals surface area contributed by atoms with Crippen molar-refractivity contribution in [1.29, 1.82) is 0 Å². The molecular weight excluding hydrogens is 225 g/mol. The van der Waals surface area contributed by atoms with Gasteiger partial charge in [0.15, 0.2) is 5.78 Å². The first-order valence-electron chi connectivity index (χ1n) is 4.92. The highest BCUT2D eigenvalue weighted by atomic mass is 19.1. The molecular formula is C12H12FNO3. The minimum Gasteiger partial charge on any atom is -0.465 e. The van der Waals surface area contributed by atoms with Gasteiger partial charge in [0, 0.05) is 13.0 Å². The summed E-state index contributed by atoms with van der Waals surface area (Å²) in [6, 6.07) is 3.90. The Morgan fingerprint density at radius 1 is 1.41 bits per heavy atom. The van der Waals surface area contributed by atoms with Crippen molar-refractivity contribution in [1.82, 2.24) is 5.32 Å². The molecule has 4 nitrogen and oxygen atoms in total. The van der Waals surface area contributed by atoms with Crippen molar-refractivity contribution in [2.24, 2.45) is 0 Å². The van der Waals surface area contributed by atoms with E-state index in [2.05, 4.69) is 11.9 Å². The van der Waals surface area contributed by atoms with Crippen LogP contribution >= 0.6 is 0 Å². The number of rotatable bonds is 5. The van der Waals surface area contributed by atoms with E-state index in [0.717, 1.165) is 6.08 Å². The number of hydrogen-bond donors (Lipinski definition) is 2. The number of amides is 1. The van der Waals surface area contributed by atoms with Gasteiger partial charge in [-0.25, -0.2) is 9.18 Å². The predicted octanol–water partition coefficient (Wildman–Crippen LogP) is 1.89. The van der Waals surface area contributed by atoms with E-state index in [1.165, 1.54) is 18.2 Å². The fourth-order valence-electron chi connectivity index (χ4n) is 1.36. The number of carbonyl (C=O) groups excluding carboxylic acids is 1. The van der Waals surface area contributed by atoms with Crippen molar-refractivity contribution < 1.29 is 19.1 Å². The lowest BCUT2D eigenvalue weighted by molar-refractivity contribution is -0.114. The highest BCUT2D eigenvalue weighted by Gasteiger charge is 2.08. The maximum atomic E-state index is 13.0. The first kappa shape index (κ1) is 12.9. The quantitative estimate of drug-likeness (QED) is 0.768. The highest BCUT2D eigenvalue weighted by Crippen LogP contribution is 2.12. The highest BCUT2D eigenvalue weighted by molar-refractivity contribution is 5.91. The van der Waals surface area contributed by atoms with Gasteiger partial charge in [-0.2, -0.15) is 0 Å². The summed E-state index contributed by atoms with van der Waals surface area (Å²) in [5.41, 5.74) is 1.03. The van der Waals surface area contributed by atoms with E-state index >= 15 is 0 Å². The fourth-order valence-corrected chi connectivity index (χ4v) is 1.36. The molecule has 0 radical (unpaired) electrons. The number of allylic oxidation sites excluding steroid dienone is 1. The SMILES string of the molecule is C=CC(=O)Cc1cc(F)ccc1CNC(=O)O. The van der Waals surface area contributed by atoms with Crippen molar-refractivity contribution in [2.45, 2.75) is 13.0 Å². The Bertz CT molecular complexity index is 457. The molecule has 5 heteroatoms. The molecule has 0 spiro atoms. The summed E-state index contributed by atoms with van der Waals surface area (Å²) >= 11 is 0. The van der Waals surface area contributed by atoms with Crippen LogP contribution in [-0.4, -0.2) is 17.0 Å². The standard InChI is InChI=1S/C12H12FNO3/c1-2-11(15)6-9-5-10(13)4-3-8(9)7-14-12(16)17/h2-5,14H,1,6-7H2,(H,16,17). The van der Waals surface area contributed by atoms with Gasteiger partial charge in [0.1, 0.15) is 5.82 Å². The third-order valence-electron chi connectivity index (χ3n) is 2.19. The van der Waals surface area contributed by atoms with E-state index < -0.39 is 11.9 Å². The van der Waals surface area contributed by atoms with Crippen molar-refractivity contribution >= 4 is 11.9 Å². The van der Waals surface area contributed by atoms with Crippen molar-refractivity contribution in [2.75, 3.05) is 0 Å². The molecule has 1 amide bonds. The lowest BCUT2D eigenvalue weighted by Gasteiger charge is -2.08. The average Bonchev–Trinajstić information content (AvgIpc) is 2.27. The van der Waals surface area contributed by atoms with Gasteiger partial charge in [-0.3, -0.25) is 4.79 Å². The summed E-state index contributed by atoms with van der Waals surface area (Å²) in [6.07, 6.45) is -0.00711. The minimum atomic E-state index is -1.17. The molecule has 0 atom stereocenters. The first-order chi connectivity index (χ1) is 8.02. The third kappa shape index (κ3) is 4.06. The average molecular weight is 237 g/mol. The first-order valence-corrected chi connectivity index (χ1v) is 4.92. The maximum Gasteiger partial charge on any atom is 0.404 e. The van der Waals surface area contributed by atoms with Crippen LogP contribution in [0.2, 0.25) is 0 Å². The van der Waals surface area contributed by atoms with Crippen LogP contribution in [0.25, 0.3) is 0 Å². The second-order valence-corrected chi connectivity index (χ2v) is 3.42. The molecule has 17 heavy (non-hydrogen) atoms. The van der Waals surface area contributed by atoms with Crippen molar-refractivity contribution in [3.8, 4) is 0 Å². The maximum absolute atomic E-state index is 13.0. The van der Waals surface area contributed by atoms with Gasteiger partial charge in [0.25, 0.3) is 0 Å². The molecule has 0 aromatic heterocycles. The summed E-state index contributed by atoms with van der Waals surface area (Å²) in [7, 11) is 0. The Kier molecular flexibility index (Phi) is 4.39. The molecule has 2 N–H and O–H groups in total. The van der Waals surface area contributed by atoms with E-state index in [1.807, 2.05) is 0 Å². The summed E-state index contributed by atoms with van der Waals surface area (Å²) in [5.74, 6) is -0.705. The molecule has 1 aromatic carbocycles. The molecule has 0 saturated carbocycles. The Labute approximate surface area is 97.8 Å². The Morgan fingerprint density at radius 3 is 2.71 bits per heavy atom. The molecule has 0 aliphatic heterocycles. The molecule has 0 aliphatic carbocycles. The summed E-state index contributed by atoms with van der Waals surface area (Å²) in [5, 5.41) is 10.7. The lowest BCUT2D eigenvalue weighted by Crippen LogP contribution is -2.21. The number of halogens is 1. The van der Waals surface area contributed by atoms with Gasteiger partial charge >= 0.3 is 6.09 Å². The van der Waals surface area contributed by atoms with E-state index in [0.29, 0.717) is 11.1 Å². The second kappa shape index (κ2) is 5.79. The Hall–Kier alpha value is -2.17. The van der Waals surface area contributed by atoms with Gasteiger partial charge in [-0.15, -0.1) is 0 Å². The lowest BCUT2D eigenvalue weighted by atomic mass is 10.0. The van der Waals surface area contributed by atoms with Crippen molar-refractivity contribution in [3.63, 3.8) is 0 Å². The van der Waals surface area contributed by atoms with Crippen LogP contribution in [0.15, 0.2) is 30.9 Å². The zero-order valence-electron chi connectivity index (χ0n) is 9.07. The van der Waals surface area contributed by atoms with Crippen LogP contribution in [-0.2, 0) is 17.8 Å². The van der Waals surface area contributed by atoms with Crippen LogP contribution in [0, 0.1) is 5.82 Å². The van der Waals surface area contributed by atoms with E-state index in [4.69, 9.17) is 5.11 Å². The van der Waals surface area contributed by atoms with Gasteiger partial charge in [0.05, 0.1) is 0 Å². The Balaban J connectivity index is 2.90. The normalized spacial score (nSPS) is 9.71. The number of carboxylic acid groups (broad SMARTS) is 1. The minimum absolute atomic E-state index is 0.0118. The molecule has 90 valence electrons. The van der Waals surface area contributed by atoms with E-state index in [1.54, 1.807) is 0 Å². The van der Waals surface area contributed by atoms with Crippen LogP contribution in [0.4, 0.5) is 9.18 Å². The number of ketones is 1. The molecule has 0 aliphatic rings. The number of nitrogens with one attached hydrogen (secondary N) is 1. The molecule has 0 heterocycles. The molecule has 0 saturated heterocycles. The smallest absolute Gasteiger partial charge is 0.404 e. The van der Waals surface area contributed by atoms with Crippen LogP contribution < -0.4 is 5.32 Å². The second-order valence-electron chi connectivity index (χ2n) is 3.42. The van der Waals surface area contributed by atoms with Gasteiger partial charge in [-0.1, -0.05) is 12.6 Å². The van der Waals surface area contributed by atoms with Crippen LogP contribution in [0.3, 0.4) is 0 Å². The molecule has 0 fully saturated rings. The van der Waals surface area contributed by atoms with E-state index in [9.17, 15) is 14.0 Å². The molecule has 1 rings (SSSR count). The number of hydrogen-bond acceptors (Lipinski definition) is 2. The Morgan fingerprint density at radius 2 is 2.12 bits per heavy atom. The monoisotopic (exact) mass is 237 g/mol. The zero-order valence-corrected chi connectivity index (χ0v) is 9.07. The van der Waals surface area contributed by atoms with Gasteiger partial charge in [-0.05, 0) is 29.3 Å². The largest absolute Gasteiger partial charge is 0.465 e. The summed E-state index contributed by atoms with van der Waals surface area (Å²) < 4.78 is 13.0. The zero-order chi connectivity index (χ0) is 12.8.